The largest absolute Gasteiger partial charge is 0.492 e. The zero-order chi connectivity index (χ0) is 20.5. The summed E-state index contributed by atoms with van der Waals surface area (Å²) >= 11 is 6.43. The Morgan fingerprint density at radius 3 is 2.79 bits per heavy atom. The fraction of sp³-hybridized carbons (Fsp3) is 0.429. The lowest BCUT2D eigenvalue weighted by atomic mass is 10.1. The van der Waals surface area contributed by atoms with Crippen LogP contribution in [0.25, 0.3) is 11.3 Å². The van der Waals surface area contributed by atoms with Gasteiger partial charge in [0.15, 0.2) is 5.43 Å². The number of halogens is 1. The van der Waals surface area contributed by atoms with Gasteiger partial charge in [0.2, 0.25) is 0 Å². The van der Waals surface area contributed by atoms with Gasteiger partial charge in [-0.05, 0) is 24.8 Å². The van der Waals surface area contributed by atoms with Crippen molar-refractivity contribution < 1.29 is 24.1 Å². The van der Waals surface area contributed by atoms with Crippen molar-refractivity contribution in [3.05, 3.63) is 45.2 Å². The zero-order valence-corrected chi connectivity index (χ0v) is 16.8. The summed E-state index contributed by atoms with van der Waals surface area (Å²) in [5, 5.41) is 9.78. The van der Waals surface area contributed by atoms with Crippen LogP contribution < -0.4 is 14.9 Å². The summed E-state index contributed by atoms with van der Waals surface area (Å²) in [6, 6.07) is 4.77. The van der Waals surface area contributed by atoms with Gasteiger partial charge in [0.1, 0.15) is 23.7 Å². The molecule has 1 aromatic carbocycles. The first-order valence-electron chi connectivity index (χ1n) is 9.57. The molecule has 0 bridgehead atoms. The van der Waals surface area contributed by atoms with E-state index >= 15 is 0 Å². The number of pyridine rings is 1. The van der Waals surface area contributed by atoms with Crippen molar-refractivity contribution in [2.24, 2.45) is 5.92 Å². The highest BCUT2D eigenvalue weighted by atomic mass is 35.5. The van der Waals surface area contributed by atoms with Crippen molar-refractivity contribution in [3.8, 4) is 22.8 Å². The van der Waals surface area contributed by atoms with Gasteiger partial charge in [-0.25, -0.2) is 4.79 Å². The van der Waals surface area contributed by atoms with E-state index in [1.165, 1.54) is 12.3 Å². The normalized spacial score (nSPS) is 17.7. The van der Waals surface area contributed by atoms with Crippen molar-refractivity contribution in [1.82, 2.24) is 4.57 Å². The second-order valence-corrected chi connectivity index (χ2v) is 7.75. The fourth-order valence-corrected chi connectivity index (χ4v) is 3.87. The molecule has 2 heterocycles. The Morgan fingerprint density at radius 2 is 2.10 bits per heavy atom. The first kappa shape index (κ1) is 19.8. The number of carbonyl (C=O) groups is 1. The maximum atomic E-state index is 12.4. The maximum Gasteiger partial charge on any atom is 0.341 e. The molecule has 7 nitrogen and oxygen atoms in total. The Labute approximate surface area is 172 Å². The third-order valence-electron chi connectivity index (χ3n) is 5.30. The molecule has 2 aromatic rings. The zero-order valence-electron chi connectivity index (χ0n) is 16.0. The molecule has 4 rings (SSSR count). The topological polar surface area (TPSA) is 87.0 Å². The molecule has 2 aliphatic rings. The number of aromatic nitrogens is 1. The van der Waals surface area contributed by atoms with Gasteiger partial charge in [0, 0.05) is 44.0 Å². The second kappa shape index (κ2) is 8.08. The van der Waals surface area contributed by atoms with Crippen molar-refractivity contribution >= 4 is 17.6 Å². The molecular formula is C21H22ClNO6. The standard InChI is InChI=1S/C21H22ClNO6/c1-27-5-2-6-28-20-9-19-13(7-15(20)22)16-8-18(24)14(21(25)26)10-23(16)17(11-29-19)12-3-4-12/h7-10,12,17H,2-6,11H2,1H3,(H,25,26). The second-order valence-electron chi connectivity index (χ2n) is 7.34. The van der Waals surface area contributed by atoms with Crippen LogP contribution >= 0.6 is 11.6 Å². The smallest absolute Gasteiger partial charge is 0.341 e. The van der Waals surface area contributed by atoms with Gasteiger partial charge in [0.25, 0.3) is 0 Å². The van der Waals surface area contributed by atoms with E-state index in [1.807, 2.05) is 4.57 Å². The highest BCUT2D eigenvalue weighted by Gasteiger charge is 2.36. The van der Waals surface area contributed by atoms with E-state index in [9.17, 15) is 14.7 Å². The Kier molecular flexibility index (Phi) is 5.52. The summed E-state index contributed by atoms with van der Waals surface area (Å²) < 4.78 is 18.7. The number of nitrogens with zero attached hydrogens (tertiary/aromatic N) is 1. The van der Waals surface area contributed by atoms with Gasteiger partial charge < -0.3 is 23.9 Å². The molecule has 0 radical (unpaired) electrons. The Bertz CT molecular complexity index is 997. The van der Waals surface area contributed by atoms with Gasteiger partial charge in [0.05, 0.1) is 23.4 Å². The Hall–Kier alpha value is -2.51. The number of benzene rings is 1. The molecule has 1 aromatic heterocycles. The molecule has 154 valence electrons. The molecule has 29 heavy (non-hydrogen) atoms. The van der Waals surface area contributed by atoms with Crippen LogP contribution in [0.3, 0.4) is 0 Å². The predicted molar refractivity (Wildman–Crippen MR) is 107 cm³/mol. The number of ether oxygens (including phenoxy) is 3. The van der Waals surface area contributed by atoms with Crippen molar-refractivity contribution in [2.75, 3.05) is 26.9 Å². The summed E-state index contributed by atoms with van der Waals surface area (Å²) in [6.07, 6.45) is 4.26. The monoisotopic (exact) mass is 419 g/mol. The van der Waals surface area contributed by atoms with Crippen molar-refractivity contribution in [2.45, 2.75) is 25.3 Å². The van der Waals surface area contributed by atoms with E-state index in [2.05, 4.69) is 0 Å². The lowest BCUT2D eigenvalue weighted by molar-refractivity contribution is 0.0694. The van der Waals surface area contributed by atoms with E-state index in [0.29, 0.717) is 53.5 Å². The molecule has 1 aliphatic heterocycles. The van der Waals surface area contributed by atoms with Gasteiger partial charge >= 0.3 is 5.97 Å². The summed E-state index contributed by atoms with van der Waals surface area (Å²) in [5.74, 6) is 0.230. The quantitative estimate of drug-likeness (QED) is 0.689. The number of carboxylic acid groups (broad SMARTS) is 1. The molecule has 1 N–H and O–H groups in total. The summed E-state index contributed by atoms with van der Waals surface area (Å²) in [6.45, 7) is 1.43. The molecule has 1 atom stereocenters. The van der Waals surface area contributed by atoms with Crippen LogP contribution in [-0.4, -0.2) is 42.6 Å². The molecule has 1 unspecified atom stereocenters. The third kappa shape index (κ3) is 3.97. The minimum absolute atomic E-state index is 0.0408. The number of rotatable bonds is 7. The maximum absolute atomic E-state index is 12.4. The molecule has 8 heteroatoms. The average molecular weight is 420 g/mol. The average Bonchev–Trinajstić information content (AvgIpc) is 3.52. The van der Waals surface area contributed by atoms with Crippen LogP contribution in [0.4, 0.5) is 0 Å². The van der Waals surface area contributed by atoms with Crippen LogP contribution in [0.1, 0.15) is 35.7 Å². The van der Waals surface area contributed by atoms with Gasteiger partial charge in [-0.2, -0.15) is 0 Å². The first-order valence-corrected chi connectivity index (χ1v) is 9.95. The Morgan fingerprint density at radius 1 is 1.31 bits per heavy atom. The number of methoxy groups -OCH3 is 1. The number of hydrogen-bond acceptors (Lipinski definition) is 5. The lowest BCUT2D eigenvalue weighted by Gasteiger charge is -2.20. The van der Waals surface area contributed by atoms with Crippen LogP contribution in [0.5, 0.6) is 11.5 Å². The minimum Gasteiger partial charge on any atom is -0.492 e. The van der Waals surface area contributed by atoms with Crippen molar-refractivity contribution in [1.29, 1.82) is 0 Å². The number of hydrogen-bond donors (Lipinski definition) is 1. The molecular weight excluding hydrogens is 398 g/mol. The van der Waals surface area contributed by atoms with Gasteiger partial charge in [-0.3, -0.25) is 4.79 Å². The number of carboxylic acids is 1. The summed E-state index contributed by atoms with van der Waals surface area (Å²) in [7, 11) is 1.63. The highest BCUT2D eigenvalue weighted by Crippen LogP contribution is 2.46. The van der Waals surface area contributed by atoms with E-state index in [1.54, 1.807) is 19.2 Å². The van der Waals surface area contributed by atoms with E-state index in [4.69, 9.17) is 25.8 Å². The number of fused-ring (bicyclic) bond motifs is 3. The summed E-state index contributed by atoms with van der Waals surface area (Å²) in [5.41, 5.74) is 0.475. The minimum atomic E-state index is -1.23. The molecule has 0 amide bonds. The van der Waals surface area contributed by atoms with Crippen LogP contribution in [0.15, 0.2) is 29.2 Å². The highest BCUT2D eigenvalue weighted by molar-refractivity contribution is 6.32. The van der Waals surface area contributed by atoms with E-state index < -0.39 is 11.4 Å². The van der Waals surface area contributed by atoms with Crippen LogP contribution in [-0.2, 0) is 4.74 Å². The SMILES string of the molecule is COCCCOc1cc2c(cc1Cl)-c1cc(=O)c(C(=O)O)cn1C(C1CC1)CO2. The first-order chi connectivity index (χ1) is 14.0. The Balaban J connectivity index is 1.77. The predicted octanol–water partition coefficient (Wildman–Crippen LogP) is 3.63. The van der Waals surface area contributed by atoms with Gasteiger partial charge in [-0.1, -0.05) is 11.6 Å². The molecule has 0 spiro atoms. The number of aromatic carboxylic acids is 1. The molecule has 0 saturated heterocycles. The van der Waals surface area contributed by atoms with E-state index in [0.717, 1.165) is 19.3 Å². The van der Waals surface area contributed by atoms with Crippen LogP contribution in [0, 0.1) is 5.92 Å². The van der Waals surface area contributed by atoms with E-state index in [-0.39, 0.29) is 11.6 Å². The molecule has 1 aliphatic carbocycles. The summed E-state index contributed by atoms with van der Waals surface area (Å²) in [4.78, 5) is 23.9. The molecule has 1 fully saturated rings. The third-order valence-corrected chi connectivity index (χ3v) is 5.60. The molecule has 1 saturated carbocycles. The van der Waals surface area contributed by atoms with Crippen molar-refractivity contribution in [3.63, 3.8) is 0 Å². The fourth-order valence-electron chi connectivity index (χ4n) is 3.65. The van der Waals surface area contributed by atoms with Gasteiger partial charge in [-0.15, -0.1) is 0 Å². The lowest BCUT2D eigenvalue weighted by Crippen LogP contribution is -2.24. The van der Waals surface area contributed by atoms with Crippen LogP contribution in [0.2, 0.25) is 5.02 Å².